The quantitative estimate of drug-likeness (QED) is 0.185. The minimum atomic E-state index is -4.48. The minimum Gasteiger partial charge on any atom is -0.465 e. The maximum atomic E-state index is 14.3. The highest BCUT2D eigenvalue weighted by molar-refractivity contribution is 7.78. The molecule has 1 unspecified atom stereocenters. The van der Waals surface area contributed by atoms with Gasteiger partial charge < -0.3 is 31.9 Å². The monoisotopic (exact) mass is 522 g/mol. The van der Waals surface area contributed by atoms with E-state index in [1.807, 2.05) is 0 Å². The minimum absolute atomic E-state index is 0.0872. The van der Waals surface area contributed by atoms with Crippen LogP contribution in [-0.2, 0) is 50.4 Å². The van der Waals surface area contributed by atoms with E-state index in [1.54, 1.807) is 48.5 Å². The highest BCUT2D eigenvalue weighted by Crippen LogP contribution is 2.98. The van der Waals surface area contributed by atoms with Gasteiger partial charge in [-0.05, 0) is 48.5 Å². The molecule has 0 radical (unpaired) electrons. The van der Waals surface area contributed by atoms with Crippen molar-refractivity contribution in [3.63, 3.8) is 0 Å². The van der Waals surface area contributed by atoms with Crippen LogP contribution >= 0.6 is 22.8 Å². The van der Waals surface area contributed by atoms with Gasteiger partial charge in [0.05, 0.1) is 46.2 Å². The molecule has 14 heteroatoms. The fourth-order valence-electron chi connectivity index (χ4n) is 3.80. The van der Waals surface area contributed by atoms with E-state index in [2.05, 4.69) is 0 Å². The van der Waals surface area contributed by atoms with Gasteiger partial charge in [0.15, 0.2) is 5.16 Å². The first-order valence-electron chi connectivity index (χ1n) is 10.9. The number of ether oxygens (including phenoxy) is 1. The van der Waals surface area contributed by atoms with Gasteiger partial charge in [0.25, 0.3) is 0 Å². The Kier molecular flexibility index (Phi) is 11.3. The summed E-state index contributed by atoms with van der Waals surface area (Å²) in [5.41, 5.74) is 0. The lowest BCUT2D eigenvalue weighted by atomic mass is 10.4. The van der Waals surface area contributed by atoms with Crippen LogP contribution in [0.2, 0.25) is 0 Å². The molecule has 1 atom stereocenters. The molecule has 1 saturated carbocycles. The van der Waals surface area contributed by atoms with Crippen LogP contribution in [0, 0.1) is 0 Å². The Labute approximate surface area is 190 Å². The summed E-state index contributed by atoms with van der Waals surface area (Å²) in [4.78, 5) is 11.2. The Hall–Kier alpha value is -0.0800. The molecule has 0 N–H and O–H groups in total. The molecule has 190 valence electrons. The lowest BCUT2D eigenvalue weighted by Gasteiger charge is -2.36. The van der Waals surface area contributed by atoms with Gasteiger partial charge in [0, 0.05) is 6.42 Å². The number of carbonyl (C=O) groups is 1. The smallest absolute Gasteiger partial charge is 0.350 e. The highest BCUT2D eigenvalue weighted by Gasteiger charge is 2.97. The first kappa shape index (κ1) is 30.0. The van der Waals surface area contributed by atoms with E-state index < -0.39 is 45.2 Å². The molecular formula is C18H37O11P3. The van der Waals surface area contributed by atoms with E-state index in [0.29, 0.717) is 0 Å². The largest absolute Gasteiger partial charge is 0.465 e. The van der Waals surface area contributed by atoms with Crippen LogP contribution in [0.15, 0.2) is 0 Å². The third-order valence-corrected chi connectivity index (χ3v) is 14.8. The third-order valence-electron chi connectivity index (χ3n) is 4.82. The molecule has 32 heavy (non-hydrogen) atoms. The van der Waals surface area contributed by atoms with E-state index in [9.17, 15) is 18.5 Å². The third kappa shape index (κ3) is 4.71. The van der Waals surface area contributed by atoms with E-state index in [-0.39, 0.29) is 46.2 Å². The fraction of sp³-hybridized carbons (Fsp3) is 0.944. The Balaban J connectivity index is 4.08. The van der Waals surface area contributed by atoms with E-state index in [1.165, 1.54) is 0 Å². The number of esters is 1. The number of rotatable bonds is 17. The molecule has 1 aliphatic rings. The van der Waals surface area contributed by atoms with Crippen molar-refractivity contribution in [3.8, 4) is 0 Å². The van der Waals surface area contributed by atoms with Gasteiger partial charge >= 0.3 is 28.8 Å². The maximum absolute atomic E-state index is 14.3. The SMILES string of the molecule is CCOC(=O)C1(P(=O)(OCC)OCC)CC1(P(=O)(OCC)OCC)P(=O)(OCC)OCC. The maximum Gasteiger partial charge on any atom is 0.350 e. The zero-order chi connectivity index (χ0) is 24.7. The summed E-state index contributed by atoms with van der Waals surface area (Å²) in [7, 11) is -13.4. The molecular weight excluding hydrogens is 485 g/mol. The van der Waals surface area contributed by atoms with Crippen molar-refractivity contribution in [1.82, 2.24) is 0 Å². The van der Waals surface area contributed by atoms with Crippen LogP contribution in [0.5, 0.6) is 0 Å². The first-order valence-corrected chi connectivity index (χ1v) is 15.5. The molecule has 0 aromatic carbocycles. The Morgan fingerprint density at radius 1 is 0.594 bits per heavy atom. The number of hydrogen-bond donors (Lipinski definition) is 0. The van der Waals surface area contributed by atoms with Gasteiger partial charge in [-0.25, -0.2) is 0 Å². The second-order valence-corrected chi connectivity index (χ2v) is 13.8. The predicted octanol–water partition coefficient (Wildman–Crippen LogP) is 5.19. The van der Waals surface area contributed by atoms with Crippen molar-refractivity contribution in [2.75, 3.05) is 46.2 Å². The highest BCUT2D eigenvalue weighted by atomic mass is 31.2. The summed E-state index contributed by atoms with van der Waals surface area (Å²) in [5, 5.41) is -2.28. The van der Waals surface area contributed by atoms with E-state index >= 15 is 0 Å². The Bertz CT molecular complexity index is 711. The summed E-state index contributed by atoms with van der Waals surface area (Å²) in [5.74, 6) is -1.05. The summed E-state index contributed by atoms with van der Waals surface area (Å²) >= 11 is 0. The molecule has 11 nitrogen and oxygen atoms in total. The summed E-state index contributed by atoms with van der Waals surface area (Å²) in [6, 6.07) is 0. The number of hydrogen-bond acceptors (Lipinski definition) is 11. The van der Waals surface area contributed by atoms with Gasteiger partial charge in [-0.1, -0.05) is 0 Å². The molecule has 0 aromatic heterocycles. The molecule has 0 spiro atoms. The van der Waals surface area contributed by atoms with Crippen molar-refractivity contribution < 1.29 is 50.4 Å². The van der Waals surface area contributed by atoms with Crippen molar-refractivity contribution in [2.24, 2.45) is 0 Å². The fourth-order valence-corrected chi connectivity index (χ4v) is 14.1. The van der Waals surface area contributed by atoms with Gasteiger partial charge in [-0.3, -0.25) is 18.5 Å². The normalized spacial score (nSPS) is 20.8. The van der Waals surface area contributed by atoms with Crippen LogP contribution in [-0.4, -0.2) is 62.3 Å². The lowest BCUT2D eigenvalue weighted by molar-refractivity contribution is -0.144. The van der Waals surface area contributed by atoms with Crippen molar-refractivity contribution in [1.29, 1.82) is 0 Å². The summed E-state index contributed by atoms with van der Waals surface area (Å²) in [6.45, 7) is 10.2. The Morgan fingerprint density at radius 3 is 1.19 bits per heavy atom. The van der Waals surface area contributed by atoms with E-state index in [4.69, 9.17) is 31.9 Å². The van der Waals surface area contributed by atoms with Crippen LogP contribution < -0.4 is 0 Å². The molecule has 0 aliphatic heterocycles. The molecule has 1 rings (SSSR count). The molecule has 0 amide bonds. The van der Waals surface area contributed by atoms with Gasteiger partial charge in [0.2, 0.25) is 4.90 Å². The topological polar surface area (TPSA) is 133 Å². The van der Waals surface area contributed by atoms with E-state index in [0.717, 1.165) is 0 Å². The first-order chi connectivity index (χ1) is 15.1. The standard InChI is InChI=1S/C18H37O11P3/c1-8-23-16(19)17(30(20,24-9-2)25-10-3)15-18(17,31(21,26-11-4)27-12-5)32(22,28-13-6)29-14-7/h8-15H2,1-7H3. The second-order valence-electron chi connectivity index (χ2n) is 6.57. The average molecular weight is 522 g/mol. The van der Waals surface area contributed by atoms with Crippen LogP contribution in [0.1, 0.15) is 54.9 Å². The van der Waals surface area contributed by atoms with Crippen LogP contribution in [0.4, 0.5) is 0 Å². The van der Waals surface area contributed by atoms with Crippen LogP contribution in [0.25, 0.3) is 0 Å². The van der Waals surface area contributed by atoms with Crippen LogP contribution in [0.3, 0.4) is 0 Å². The molecule has 1 aliphatic carbocycles. The number of carbonyl (C=O) groups excluding carboxylic acids is 1. The molecule has 0 saturated heterocycles. The zero-order valence-electron chi connectivity index (χ0n) is 20.0. The molecule has 0 heterocycles. The van der Waals surface area contributed by atoms with Gasteiger partial charge in [-0.15, -0.1) is 0 Å². The van der Waals surface area contributed by atoms with Crippen molar-refractivity contribution >= 4 is 28.8 Å². The van der Waals surface area contributed by atoms with Gasteiger partial charge in [0.1, 0.15) is 0 Å². The van der Waals surface area contributed by atoms with Crippen molar-refractivity contribution in [2.45, 2.75) is 64.9 Å². The lowest BCUT2D eigenvalue weighted by Crippen LogP contribution is -2.39. The van der Waals surface area contributed by atoms with Gasteiger partial charge in [-0.2, -0.15) is 0 Å². The summed E-state index contributed by atoms with van der Waals surface area (Å²) in [6.07, 6.45) is -0.509. The molecule has 0 bridgehead atoms. The second kappa shape index (κ2) is 12.1. The molecule has 1 fully saturated rings. The summed E-state index contributed by atoms with van der Waals surface area (Å²) < 4.78 is 81.0. The molecule has 0 aromatic rings. The average Bonchev–Trinajstić information content (AvgIpc) is 3.44. The zero-order valence-corrected chi connectivity index (χ0v) is 22.7. The predicted molar refractivity (Wildman–Crippen MR) is 119 cm³/mol. The Morgan fingerprint density at radius 2 is 0.906 bits per heavy atom. The van der Waals surface area contributed by atoms with Crippen molar-refractivity contribution in [3.05, 3.63) is 0 Å².